The Morgan fingerprint density at radius 2 is 0.746 bits per heavy atom. The Morgan fingerprint density at radius 1 is 0.429 bits per heavy atom. The molecule has 2 atom stereocenters. The standard InChI is InChI=1S/C57H109NO5/c1-3-5-7-9-11-13-15-27-31-35-39-43-47-51-57(62)63-52-48-44-40-36-32-29-26-24-22-20-18-16-17-19-21-23-25-28-30-34-38-42-46-50-56(61)58-54(53-59)55(60)49-45-41-37-33-14-12-10-8-6-4-2/h19,21,45,49,54-55,59-60H,3-18,20,22-44,46-48,50-53H2,1-2H3,(H,58,61)/b21-19-,49-45+. The molecule has 0 heterocycles. The second-order valence-electron chi connectivity index (χ2n) is 19.3. The van der Waals surface area contributed by atoms with Crippen LogP contribution >= 0.6 is 0 Å². The number of carbonyl (C=O) groups excluding carboxylic acids is 2. The number of ether oxygens (including phenoxy) is 1. The molecule has 0 saturated carbocycles. The molecule has 0 radical (unpaired) electrons. The van der Waals surface area contributed by atoms with Gasteiger partial charge in [-0.25, -0.2) is 0 Å². The minimum atomic E-state index is -0.846. The highest BCUT2D eigenvalue weighted by molar-refractivity contribution is 5.76. The second-order valence-corrected chi connectivity index (χ2v) is 19.3. The summed E-state index contributed by atoms with van der Waals surface area (Å²) in [5.41, 5.74) is 0. The van der Waals surface area contributed by atoms with Crippen molar-refractivity contribution >= 4 is 11.9 Å². The summed E-state index contributed by atoms with van der Waals surface area (Å²) in [6.45, 7) is 4.89. The summed E-state index contributed by atoms with van der Waals surface area (Å²) in [4.78, 5) is 24.4. The molecular formula is C57H109NO5. The second kappa shape index (κ2) is 53.0. The molecular weight excluding hydrogens is 779 g/mol. The Kier molecular flexibility index (Phi) is 51.6. The monoisotopic (exact) mass is 888 g/mol. The van der Waals surface area contributed by atoms with E-state index < -0.39 is 12.1 Å². The number of aliphatic hydroxyl groups excluding tert-OH is 2. The van der Waals surface area contributed by atoms with Crippen LogP contribution in [-0.2, 0) is 14.3 Å². The number of amides is 1. The molecule has 0 spiro atoms. The summed E-state index contributed by atoms with van der Waals surface area (Å²) in [5, 5.41) is 22.9. The molecule has 2 unspecified atom stereocenters. The molecule has 0 bridgehead atoms. The summed E-state index contributed by atoms with van der Waals surface area (Å²) >= 11 is 0. The third kappa shape index (κ3) is 49.6. The van der Waals surface area contributed by atoms with Gasteiger partial charge in [-0.2, -0.15) is 0 Å². The van der Waals surface area contributed by atoms with E-state index in [0.29, 0.717) is 19.4 Å². The van der Waals surface area contributed by atoms with Crippen molar-refractivity contribution in [2.75, 3.05) is 13.2 Å². The maximum absolute atomic E-state index is 12.4. The van der Waals surface area contributed by atoms with E-state index in [1.54, 1.807) is 6.08 Å². The van der Waals surface area contributed by atoms with Crippen LogP contribution in [0, 0.1) is 0 Å². The highest BCUT2D eigenvalue weighted by Crippen LogP contribution is 2.16. The van der Waals surface area contributed by atoms with Crippen molar-refractivity contribution in [1.29, 1.82) is 0 Å². The number of unbranched alkanes of at least 4 members (excludes halogenated alkanes) is 39. The lowest BCUT2D eigenvalue weighted by Gasteiger charge is -2.20. The fraction of sp³-hybridized carbons (Fsp3) is 0.895. The molecule has 0 fully saturated rings. The number of hydrogen-bond donors (Lipinski definition) is 3. The zero-order valence-electron chi connectivity index (χ0n) is 42.3. The van der Waals surface area contributed by atoms with E-state index in [9.17, 15) is 19.8 Å². The van der Waals surface area contributed by atoms with Gasteiger partial charge in [0, 0.05) is 12.8 Å². The van der Waals surface area contributed by atoms with Gasteiger partial charge in [-0.3, -0.25) is 9.59 Å². The predicted octanol–water partition coefficient (Wildman–Crippen LogP) is 17.1. The molecule has 0 rings (SSSR count). The van der Waals surface area contributed by atoms with E-state index in [4.69, 9.17) is 4.74 Å². The first-order valence-electron chi connectivity index (χ1n) is 28.1. The summed E-state index contributed by atoms with van der Waals surface area (Å²) in [5.74, 6) is -0.0637. The lowest BCUT2D eigenvalue weighted by atomic mass is 10.0. The van der Waals surface area contributed by atoms with Crippen LogP contribution in [0.1, 0.15) is 303 Å². The SMILES string of the molecule is CCCCCCCCCC/C=C/C(O)C(CO)NC(=O)CCCCCCCCC/C=C\CCCCCCCCCCCCCCOC(=O)CCCCCCCCCCCCCCC. The van der Waals surface area contributed by atoms with Crippen LogP contribution in [0.25, 0.3) is 0 Å². The van der Waals surface area contributed by atoms with Crippen molar-refractivity contribution in [3.63, 3.8) is 0 Å². The zero-order chi connectivity index (χ0) is 45.8. The van der Waals surface area contributed by atoms with E-state index in [1.165, 1.54) is 231 Å². The van der Waals surface area contributed by atoms with Gasteiger partial charge in [0.1, 0.15) is 0 Å². The maximum atomic E-state index is 12.4. The summed E-state index contributed by atoms with van der Waals surface area (Å²) in [7, 11) is 0. The lowest BCUT2D eigenvalue weighted by molar-refractivity contribution is -0.143. The van der Waals surface area contributed by atoms with Crippen LogP contribution in [0.4, 0.5) is 0 Å². The first kappa shape index (κ1) is 61.3. The van der Waals surface area contributed by atoms with Crippen molar-refractivity contribution in [3.8, 4) is 0 Å². The quantitative estimate of drug-likeness (QED) is 0.0321. The van der Waals surface area contributed by atoms with Gasteiger partial charge >= 0.3 is 5.97 Å². The van der Waals surface area contributed by atoms with Gasteiger partial charge in [-0.1, -0.05) is 256 Å². The molecule has 372 valence electrons. The first-order chi connectivity index (χ1) is 31.0. The number of allylic oxidation sites excluding steroid dienone is 3. The molecule has 0 saturated heterocycles. The highest BCUT2D eigenvalue weighted by atomic mass is 16.5. The average Bonchev–Trinajstić information content (AvgIpc) is 3.28. The van der Waals surface area contributed by atoms with Crippen LogP contribution in [0.5, 0.6) is 0 Å². The van der Waals surface area contributed by atoms with E-state index in [1.807, 2.05) is 6.08 Å². The Bertz CT molecular complexity index is 982. The molecule has 3 N–H and O–H groups in total. The van der Waals surface area contributed by atoms with Gasteiger partial charge < -0.3 is 20.3 Å². The van der Waals surface area contributed by atoms with Crippen LogP contribution < -0.4 is 5.32 Å². The number of hydrogen-bond acceptors (Lipinski definition) is 5. The summed E-state index contributed by atoms with van der Waals surface area (Å²) < 4.78 is 5.47. The molecule has 6 nitrogen and oxygen atoms in total. The average molecular weight is 889 g/mol. The molecule has 63 heavy (non-hydrogen) atoms. The normalized spacial score (nSPS) is 12.8. The predicted molar refractivity (Wildman–Crippen MR) is 273 cm³/mol. The van der Waals surface area contributed by atoms with Crippen molar-refractivity contribution < 1.29 is 24.5 Å². The van der Waals surface area contributed by atoms with Gasteiger partial charge in [0.2, 0.25) is 5.91 Å². The van der Waals surface area contributed by atoms with Crippen molar-refractivity contribution in [3.05, 3.63) is 24.3 Å². The smallest absolute Gasteiger partial charge is 0.305 e. The van der Waals surface area contributed by atoms with Gasteiger partial charge in [0.05, 0.1) is 25.4 Å². The third-order valence-electron chi connectivity index (χ3n) is 13.0. The Hall–Kier alpha value is -1.66. The number of aliphatic hydroxyl groups is 2. The van der Waals surface area contributed by atoms with Gasteiger partial charge in [-0.05, 0) is 57.8 Å². The molecule has 6 heteroatoms. The summed E-state index contributed by atoms with van der Waals surface area (Å²) in [6, 6.07) is -0.630. The zero-order valence-corrected chi connectivity index (χ0v) is 42.3. The highest BCUT2D eigenvalue weighted by Gasteiger charge is 2.18. The van der Waals surface area contributed by atoms with Crippen LogP contribution in [-0.4, -0.2) is 47.4 Å². The van der Waals surface area contributed by atoms with Crippen molar-refractivity contribution in [2.45, 2.75) is 315 Å². The van der Waals surface area contributed by atoms with E-state index in [2.05, 4.69) is 31.3 Å². The Balaban J connectivity index is 3.40. The van der Waals surface area contributed by atoms with Gasteiger partial charge in [0.25, 0.3) is 0 Å². The number of nitrogens with one attached hydrogen (secondary N) is 1. The molecule has 0 aromatic heterocycles. The molecule has 0 aromatic carbocycles. The molecule has 0 aliphatic rings. The van der Waals surface area contributed by atoms with Gasteiger partial charge in [0.15, 0.2) is 0 Å². The number of carbonyl (C=O) groups is 2. The Morgan fingerprint density at radius 3 is 1.13 bits per heavy atom. The fourth-order valence-electron chi connectivity index (χ4n) is 8.63. The van der Waals surface area contributed by atoms with E-state index >= 15 is 0 Å². The largest absolute Gasteiger partial charge is 0.466 e. The van der Waals surface area contributed by atoms with E-state index in [-0.39, 0.29) is 18.5 Å². The van der Waals surface area contributed by atoms with E-state index in [0.717, 1.165) is 44.9 Å². The van der Waals surface area contributed by atoms with Crippen LogP contribution in [0.15, 0.2) is 24.3 Å². The molecule has 0 aliphatic carbocycles. The fourth-order valence-corrected chi connectivity index (χ4v) is 8.63. The molecule has 0 aliphatic heterocycles. The first-order valence-corrected chi connectivity index (χ1v) is 28.1. The number of rotatable bonds is 52. The lowest BCUT2D eigenvalue weighted by Crippen LogP contribution is -2.45. The Labute approximate surface area is 392 Å². The van der Waals surface area contributed by atoms with Gasteiger partial charge in [-0.15, -0.1) is 0 Å². The minimum Gasteiger partial charge on any atom is -0.466 e. The van der Waals surface area contributed by atoms with Crippen molar-refractivity contribution in [1.82, 2.24) is 5.32 Å². The minimum absolute atomic E-state index is 0.0123. The third-order valence-corrected chi connectivity index (χ3v) is 13.0. The summed E-state index contributed by atoms with van der Waals surface area (Å²) in [6.07, 6.45) is 63.5. The maximum Gasteiger partial charge on any atom is 0.305 e. The topological polar surface area (TPSA) is 95.9 Å². The molecule has 0 aromatic rings. The van der Waals surface area contributed by atoms with Crippen molar-refractivity contribution in [2.24, 2.45) is 0 Å². The van der Waals surface area contributed by atoms with Crippen LogP contribution in [0.3, 0.4) is 0 Å². The van der Waals surface area contributed by atoms with Crippen LogP contribution in [0.2, 0.25) is 0 Å². The number of esters is 1. The molecule has 1 amide bonds.